The molecule has 0 atom stereocenters. The highest BCUT2D eigenvalue weighted by Crippen LogP contribution is 2.18. The quantitative estimate of drug-likeness (QED) is 0.732. The van der Waals surface area contributed by atoms with Gasteiger partial charge < -0.3 is 4.90 Å². The van der Waals surface area contributed by atoms with E-state index in [0.717, 1.165) is 53.8 Å². The fraction of sp³-hybridized carbons (Fsp3) is 0.368. The van der Waals surface area contributed by atoms with Crippen LogP contribution in [-0.2, 0) is 6.54 Å². The van der Waals surface area contributed by atoms with Gasteiger partial charge in [-0.15, -0.1) is 5.10 Å². The number of fused-ring (bicyclic) bond motifs is 1. The van der Waals surface area contributed by atoms with Crippen LogP contribution in [0.15, 0.2) is 24.3 Å². The van der Waals surface area contributed by atoms with E-state index in [-0.39, 0.29) is 0 Å². The molecule has 0 bridgehead atoms. The number of para-hydroxylation sites is 2. The maximum absolute atomic E-state index is 4.71. The molecule has 0 N–H and O–H groups in total. The van der Waals surface area contributed by atoms with Crippen molar-refractivity contribution < 1.29 is 0 Å². The largest absolute Gasteiger partial charge is 0.340 e. The molecule has 1 aromatic carbocycles. The molecule has 0 radical (unpaired) electrons. The first-order chi connectivity index (χ1) is 12.2. The third-order valence-electron chi connectivity index (χ3n) is 4.55. The molecule has 1 saturated heterocycles. The molecule has 6 nitrogen and oxygen atoms in total. The molecule has 4 rings (SSSR count). The van der Waals surface area contributed by atoms with Gasteiger partial charge in [0.05, 0.1) is 22.4 Å². The average Bonchev–Trinajstić information content (AvgIpc) is 3.29. The van der Waals surface area contributed by atoms with Gasteiger partial charge in [0.25, 0.3) is 0 Å². The molecule has 0 spiro atoms. The Hall–Kier alpha value is -2.76. The predicted octanol–water partition coefficient (Wildman–Crippen LogP) is 3.32. The molecular weight excluding hydrogens is 312 g/mol. The monoisotopic (exact) mass is 334 g/mol. The number of benzene rings is 1. The molecule has 1 fully saturated rings. The summed E-state index contributed by atoms with van der Waals surface area (Å²) in [6, 6.07) is 7.93. The lowest BCUT2D eigenvalue weighted by Crippen LogP contribution is -2.19. The van der Waals surface area contributed by atoms with E-state index >= 15 is 0 Å². The molecule has 1 aliphatic rings. The zero-order valence-electron chi connectivity index (χ0n) is 14.7. The van der Waals surface area contributed by atoms with Crippen LogP contribution in [0.1, 0.15) is 37.0 Å². The third-order valence-corrected chi connectivity index (χ3v) is 4.55. The van der Waals surface area contributed by atoms with Crippen molar-refractivity contribution in [1.29, 1.82) is 0 Å². The van der Waals surface area contributed by atoms with Crippen molar-refractivity contribution in [3.05, 3.63) is 41.5 Å². The second-order valence-corrected chi connectivity index (χ2v) is 6.30. The van der Waals surface area contributed by atoms with E-state index < -0.39 is 0 Å². The topological polar surface area (TPSA) is 59.7 Å². The molecule has 0 amide bonds. The van der Waals surface area contributed by atoms with Crippen LogP contribution in [0.5, 0.6) is 0 Å². The highest BCUT2D eigenvalue weighted by molar-refractivity contribution is 5.77. The van der Waals surface area contributed by atoms with E-state index in [2.05, 4.69) is 21.9 Å². The van der Waals surface area contributed by atoms with Crippen molar-refractivity contribution in [2.75, 3.05) is 18.0 Å². The van der Waals surface area contributed by atoms with Gasteiger partial charge in [0, 0.05) is 19.6 Å². The van der Waals surface area contributed by atoms with Crippen LogP contribution in [0.2, 0.25) is 0 Å². The summed E-state index contributed by atoms with van der Waals surface area (Å²) < 4.78 is 1.94. The van der Waals surface area contributed by atoms with Gasteiger partial charge in [-0.1, -0.05) is 12.1 Å². The number of aryl methyl sites for hydroxylation is 2. The predicted molar refractivity (Wildman–Crippen MR) is 100 cm³/mol. The fourth-order valence-electron chi connectivity index (χ4n) is 3.16. The van der Waals surface area contributed by atoms with Gasteiger partial charge in [0.1, 0.15) is 0 Å². The second-order valence-electron chi connectivity index (χ2n) is 6.30. The molecular formula is C19H22N6. The minimum atomic E-state index is 0.795. The average molecular weight is 334 g/mol. The molecule has 0 aliphatic carbocycles. The first-order valence-electron chi connectivity index (χ1n) is 8.86. The summed E-state index contributed by atoms with van der Waals surface area (Å²) in [5.41, 5.74) is 3.61. The van der Waals surface area contributed by atoms with E-state index in [9.17, 15) is 0 Å². The van der Waals surface area contributed by atoms with E-state index in [0.29, 0.717) is 0 Å². The Bertz CT molecular complexity index is 921. The van der Waals surface area contributed by atoms with Crippen LogP contribution in [0.4, 0.5) is 5.95 Å². The molecule has 25 heavy (non-hydrogen) atoms. The summed E-state index contributed by atoms with van der Waals surface area (Å²) in [7, 11) is 0. The molecule has 1 aliphatic heterocycles. The number of nitrogens with zero attached hydrogens (tertiary/aromatic N) is 6. The Labute approximate surface area is 147 Å². The van der Waals surface area contributed by atoms with Crippen molar-refractivity contribution in [2.24, 2.45) is 0 Å². The number of hydrogen-bond acceptors (Lipinski definition) is 5. The normalized spacial score (nSPS) is 14.9. The fourth-order valence-corrected chi connectivity index (χ4v) is 3.16. The van der Waals surface area contributed by atoms with Crippen LogP contribution in [-0.4, -0.2) is 37.8 Å². The Balaban J connectivity index is 1.66. The molecule has 0 unspecified atom stereocenters. The maximum Gasteiger partial charge on any atom is 0.245 e. The highest BCUT2D eigenvalue weighted by atomic mass is 15.4. The van der Waals surface area contributed by atoms with Crippen molar-refractivity contribution >= 4 is 29.1 Å². The lowest BCUT2D eigenvalue weighted by Gasteiger charge is -2.10. The van der Waals surface area contributed by atoms with E-state index in [4.69, 9.17) is 9.97 Å². The standard InChI is InChI=1S/C19H22N6/c1-3-25-18(22-19(23-25)24-12-6-7-13-24)11-10-15-14(2)20-16-8-4-5-9-17(16)21-15/h4-5,8-11H,3,6-7,12-13H2,1-2H3. The Morgan fingerprint density at radius 3 is 2.44 bits per heavy atom. The minimum absolute atomic E-state index is 0.795. The summed E-state index contributed by atoms with van der Waals surface area (Å²) >= 11 is 0. The van der Waals surface area contributed by atoms with Crippen LogP contribution in [0.3, 0.4) is 0 Å². The zero-order valence-corrected chi connectivity index (χ0v) is 14.7. The SMILES string of the molecule is CCn1nc(N2CCCC2)nc1C=Cc1nc2ccccc2nc1C. The maximum atomic E-state index is 4.71. The molecule has 3 heterocycles. The summed E-state index contributed by atoms with van der Waals surface area (Å²) in [5.74, 6) is 1.69. The number of rotatable bonds is 4. The van der Waals surface area contributed by atoms with Gasteiger partial charge in [0.2, 0.25) is 5.95 Å². The van der Waals surface area contributed by atoms with Gasteiger partial charge in [-0.3, -0.25) is 0 Å². The van der Waals surface area contributed by atoms with Gasteiger partial charge in [-0.05, 0) is 51.0 Å². The first-order valence-corrected chi connectivity index (χ1v) is 8.86. The van der Waals surface area contributed by atoms with Gasteiger partial charge in [0.15, 0.2) is 5.82 Å². The molecule has 128 valence electrons. The molecule has 6 heteroatoms. The third kappa shape index (κ3) is 3.12. The van der Waals surface area contributed by atoms with Crippen molar-refractivity contribution in [3.63, 3.8) is 0 Å². The highest BCUT2D eigenvalue weighted by Gasteiger charge is 2.17. The Morgan fingerprint density at radius 2 is 1.72 bits per heavy atom. The van der Waals surface area contributed by atoms with Crippen molar-refractivity contribution in [2.45, 2.75) is 33.2 Å². The zero-order chi connectivity index (χ0) is 17.2. The van der Waals surface area contributed by atoms with E-state index in [1.165, 1.54) is 12.8 Å². The molecule has 2 aromatic heterocycles. The van der Waals surface area contributed by atoms with Crippen LogP contribution < -0.4 is 4.90 Å². The van der Waals surface area contributed by atoms with Gasteiger partial charge >= 0.3 is 0 Å². The number of anilines is 1. The lowest BCUT2D eigenvalue weighted by atomic mass is 10.2. The van der Waals surface area contributed by atoms with Gasteiger partial charge in [-0.25, -0.2) is 14.6 Å². The van der Waals surface area contributed by atoms with Crippen LogP contribution in [0, 0.1) is 6.92 Å². The molecule has 0 saturated carbocycles. The minimum Gasteiger partial charge on any atom is -0.340 e. The van der Waals surface area contributed by atoms with Crippen LogP contribution in [0.25, 0.3) is 23.2 Å². The smallest absolute Gasteiger partial charge is 0.245 e. The van der Waals surface area contributed by atoms with Crippen LogP contribution >= 0.6 is 0 Å². The summed E-state index contributed by atoms with van der Waals surface area (Å²) in [6.45, 7) is 6.96. The Kier molecular flexibility index (Phi) is 4.17. The van der Waals surface area contributed by atoms with Gasteiger partial charge in [-0.2, -0.15) is 4.98 Å². The summed E-state index contributed by atoms with van der Waals surface area (Å²) in [5, 5.41) is 4.64. The van der Waals surface area contributed by atoms with Crippen molar-refractivity contribution in [3.8, 4) is 0 Å². The number of hydrogen-bond donors (Lipinski definition) is 0. The molecule has 3 aromatic rings. The summed E-state index contributed by atoms with van der Waals surface area (Å²) in [4.78, 5) is 16.3. The van der Waals surface area contributed by atoms with Crippen molar-refractivity contribution in [1.82, 2.24) is 24.7 Å². The first kappa shape index (κ1) is 15.7. The second kappa shape index (κ2) is 6.63. The summed E-state index contributed by atoms with van der Waals surface area (Å²) in [6.07, 6.45) is 6.41. The lowest BCUT2D eigenvalue weighted by molar-refractivity contribution is 0.648. The van der Waals surface area contributed by atoms with E-state index in [1.807, 2.05) is 48.0 Å². The Morgan fingerprint density at radius 1 is 1.00 bits per heavy atom. The number of aromatic nitrogens is 5. The van der Waals surface area contributed by atoms with E-state index in [1.54, 1.807) is 0 Å².